The van der Waals surface area contributed by atoms with Crippen molar-refractivity contribution < 1.29 is 24.2 Å². The first-order valence-corrected chi connectivity index (χ1v) is 12.0. The monoisotopic (exact) mass is 448 g/mol. The average molecular weight is 449 g/mol. The van der Waals surface area contributed by atoms with Gasteiger partial charge in [0.2, 0.25) is 11.8 Å². The van der Waals surface area contributed by atoms with Crippen molar-refractivity contribution in [1.82, 2.24) is 9.80 Å². The Kier molecular flexibility index (Phi) is 5.98. The van der Waals surface area contributed by atoms with Gasteiger partial charge in [-0.15, -0.1) is 11.8 Å². The second-order valence-corrected chi connectivity index (χ2v) is 11.2. The third-order valence-corrected chi connectivity index (χ3v) is 8.50. The maximum atomic E-state index is 13.8. The molecule has 8 heteroatoms. The zero-order valence-electron chi connectivity index (χ0n) is 18.5. The number of esters is 1. The van der Waals surface area contributed by atoms with Gasteiger partial charge < -0.3 is 19.6 Å². The largest absolute Gasteiger partial charge is 0.465 e. The van der Waals surface area contributed by atoms with Crippen LogP contribution in [0.15, 0.2) is 24.3 Å². The molecule has 1 unspecified atom stereocenters. The highest BCUT2D eigenvalue weighted by Crippen LogP contribution is 2.60. The molecule has 31 heavy (non-hydrogen) atoms. The lowest BCUT2D eigenvalue weighted by Gasteiger charge is -2.40. The summed E-state index contributed by atoms with van der Waals surface area (Å²) in [5, 5.41) is 9.44. The van der Waals surface area contributed by atoms with Gasteiger partial charge >= 0.3 is 5.97 Å². The number of aliphatic hydroxyl groups excluding tert-OH is 1. The summed E-state index contributed by atoms with van der Waals surface area (Å²) in [7, 11) is 0. The number of fused-ring (bicyclic) bond motifs is 2. The van der Waals surface area contributed by atoms with E-state index in [0.717, 1.165) is 19.3 Å². The van der Waals surface area contributed by atoms with Crippen LogP contribution in [0.2, 0.25) is 0 Å². The van der Waals surface area contributed by atoms with Crippen molar-refractivity contribution in [3.8, 4) is 0 Å². The fourth-order valence-electron chi connectivity index (χ4n) is 5.37. The van der Waals surface area contributed by atoms with E-state index in [2.05, 4.69) is 6.08 Å². The van der Waals surface area contributed by atoms with Gasteiger partial charge in [0.15, 0.2) is 0 Å². The summed E-state index contributed by atoms with van der Waals surface area (Å²) in [6, 6.07) is -0.751. The molecule has 0 aromatic rings. The molecule has 0 bridgehead atoms. The maximum absolute atomic E-state index is 13.8. The Balaban J connectivity index is 1.83. The number of hydrogen-bond donors (Lipinski definition) is 1. The molecule has 4 aliphatic rings. The quantitative estimate of drug-likeness (QED) is 0.512. The number of ether oxygens (including phenoxy) is 1. The minimum absolute atomic E-state index is 0.0716. The van der Waals surface area contributed by atoms with Crippen LogP contribution in [0.4, 0.5) is 0 Å². The number of aliphatic hydroxyl groups is 1. The summed E-state index contributed by atoms with van der Waals surface area (Å²) >= 11 is 1.54. The highest BCUT2D eigenvalue weighted by atomic mass is 32.2. The first kappa shape index (κ1) is 22.4. The van der Waals surface area contributed by atoms with Crippen LogP contribution in [0.5, 0.6) is 0 Å². The lowest BCUT2D eigenvalue weighted by atomic mass is 9.78. The van der Waals surface area contributed by atoms with Crippen LogP contribution in [0.3, 0.4) is 0 Å². The van der Waals surface area contributed by atoms with Gasteiger partial charge in [0.05, 0.1) is 29.8 Å². The minimum atomic E-state index is -0.851. The number of carbonyl (C=O) groups is 3. The first-order chi connectivity index (χ1) is 14.7. The number of amides is 2. The fourth-order valence-corrected chi connectivity index (χ4v) is 7.37. The van der Waals surface area contributed by atoms with Crippen LogP contribution in [0.25, 0.3) is 0 Å². The first-order valence-electron chi connectivity index (χ1n) is 11.1. The normalized spacial score (nSPS) is 37.1. The Hall–Kier alpha value is -1.80. The van der Waals surface area contributed by atoms with Crippen molar-refractivity contribution in [1.29, 1.82) is 0 Å². The molecule has 0 aliphatic carbocycles. The van der Waals surface area contributed by atoms with Crippen molar-refractivity contribution in [2.45, 2.75) is 61.6 Å². The van der Waals surface area contributed by atoms with Gasteiger partial charge in [-0.05, 0) is 40.0 Å². The summed E-state index contributed by atoms with van der Waals surface area (Å²) < 4.78 is 4.72. The van der Waals surface area contributed by atoms with Crippen LogP contribution >= 0.6 is 11.8 Å². The molecule has 5 atom stereocenters. The zero-order valence-corrected chi connectivity index (χ0v) is 19.3. The summed E-state index contributed by atoms with van der Waals surface area (Å²) in [4.78, 5) is 43.9. The van der Waals surface area contributed by atoms with Crippen molar-refractivity contribution >= 4 is 29.5 Å². The SMILES string of the molecule is CC(C)(C)N1CC=C[C@]23S[C@H]4/C=C\CCCCOC(=O)[C@H]4[C@H]2C(=O)N(CCO)C3C1=O. The van der Waals surface area contributed by atoms with Gasteiger partial charge in [0, 0.05) is 23.9 Å². The van der Waals surface area contributed by atoms with E-state index in [1.807, 2.05) is 39.0 Å². The number of cyclic esters (lactones) is 1. The Morgan fingerprint density at radius 1 is 1.19 bits per heavy atom. The van der Waals surface area contributed by atoms with Crippen LogP contribution in [0.1, 0.15) is 40.0 Å². The molecular weight excluding hydrogens is 416 g/mol. The molecule has 0 aromatic heterocycles. The van der Waals surface area contributed by atoms with E-state index in [9.17, 15) is 19.5 Å². The van der Waals surface area contributed by atoms with Crippen molar-refractivity contribution in [2.75, 3.05) is 26.3 Å². The fraction of sp³-hybridized carbons (Fsp3) is 0.696. The molecule has 4 rings (SSSR count). The molecular formula is C23H32N2O5S. The average Bonchev–Trinajstić information content (AvgIpc) is 3.07. The number of hydrogen-bond acceptors (Lipinski definition) is 6. The Morgan fingerprint density at radius 2 is 1.97 bits per heavy atom. The van der Waals surface area contributed by atoms with Gasteiger partial charge in [-0.3, -0.25) is 14.4 Å². The molecule has 1 N–H and O–H groups in total. The number of thioether (sulfide) groups is 1. The van der Waals surface area contributed by atoms with Gasteiger partial charge in [-0.2, -0.15) is 0 Å². The Bertz CT molecular complexity index is 819. The molecule has 4 aliphatic heterocycles. The van der Waals surface area contributed by atoms with Crippen LogP contribution in [-0.4, -0.2) is 80.6 Å². The van der Waals surface area contributed by atoms with Crippen molar-refractivity contribution in [3.63, 3.8) is 0 Å². The number of rotatable bonds is 2. The standard InChI is InChI=1S/C23H32N2O5S/c1-22(2,3)25-11-8-10-23-17(19(27)24(12-13-26)18(23)20(25)28)16-15(31-23)9-6-4-5-7-14-30-21(16)29/h6,8-10,15-18,26H,4-5,7,11-14H2,1-3H3/b9-6-/t15-,16+,17-,18?,23-/m0/s1. The summed E-state index contributed by atoms with van der Waals surface area (Å²) in [6.07, 6.45) is 10.7. The molecule has 2 amide bonds. The summed E-state index contributed by atoms with van der Waals surface area (Å²) in [5.74, 6) is -2.06. The number of nitrogens with zero attached hydrogens (tertiary/aromatic N) is 2. The minimum Gasteiger partial charge on any atom is -0.465 e. The molecule has 0 aromatic carbocycles. The maximum Gasteiger partial charge on any atom is 0.311 e. The molecule has 0 saturated carbocycles. The van der Waals surface area contributed by atoms with Crippen molar-refractivity contribution in [2.24, 2.45) is 11.8 Å². The molecule has 7 nitrogen and oxygen atoms in total. The third-order valence-electron chi connectivity index (χ3n) is 6.75. The highest BCUT2D eigenvalue weighted by molar-refractivity contribution is 8.02. The van der Waals surface area contributed by atoms with Crippen molar-refractivity contribution in [3.05, 3.63) is 24.3 Å². The van der Waals surface area contributed by atoms with E-state index in [4.69, 9.17) is 4.74 Å². The predicted octanol–water partition coefficient (Wildman–Crippen LogP) is 1.76. The number of β-amino-alcohol motifs (C(OH)–C–C–N with tert-alkyl or cyclic N) is 1. The van der Waals surface area contributed by atoms with E-state index in [0.29, 0.717) is 13.2 Å². The predicted molar refractivity (Wildman–Crippen MR) is 118 cm³/mol. The second kappa shape index (κ2) is 8.28. The Labute approximate surface area is 187 Å². The number of likely N-dealkylation sites (tertiary alicyclic amines) is 1. The summed E-state index contributed by atoms with van der Waals surface area (Å²) in [6.45, 7) is 6.57. The van der Waals surface area contributed by atoms with Gasteiger partial charge in [-0.1, -0.05) is 24.3 Å². The van der Waals surface area contributed by atoms with E-state index in [1.165, 1.54) is 16.7 Å². The third kappa shape index (κ3) is 3.61. The smallest absolute Gasteiger partial charge is 0.311 e. The lowest BCUT2D eigenvalue weighted by Crippen LogP contribution is -2.57. The molecule has 4 heterocycles. The van der Waals surface area contributed by atoms with E-state index in [-0.39, 0.29) is 36.2 Å². The van der Waals surface area contributed by atoms with E-state index in [1.54, 1.807) is 4.90 Å². The van der Waals surface area contributed by atoms with Crippen LogP contribution < -0.4 is 0 Å². The molecule has 2 saturated heterocycles. The number of carbonyl (C=O) groups excluding carboxylic acids is 3. The molecule has 2 fully saturated rings. The second-order valence-electron chi connectivity index (χ2n) is 9.71. The van der Waals surface area contributed by atoms with Crippen LogP contribution in [-0.2, 0) is 19.1 Å². The van der Waals surface area contributed by atoms with E-state index < -0.39 is 28.2 Å². The van der Waals surface area contributed by atoms with Gasteiger partial charge in [0.1, 0.15) is 6.04 Å². The lowest BCUT2D eigenvalue weighted by molar-refractivity contribution is -0.153. The van der Waals surface area contributed by atoms with E-state index >= 15 is 0 Å². The highest BCUT2D eigenvalue weighted by Gasteiger charge is 2.71. The van der Waals surface area contributed by atoms with Gasteiger partial charge in [0.25, 0.3) is 0 Å². The molecule has 0 radical (unpaired) electrons. The zero-order chi connectivity index (χ0) is 22.4. The molecule has 1 spiro atoms. The number of allylic oxidation sites excluding steroid dienone is 1. The topological polar surface area (TPSA) is 87.2 Å². The summed E-state index contributed by atoms with van der Waals surface area (Å²) in [5.41, 5.74) is -0.418. The molecule has 170 valence electrons. The Morgan fingerprint density at radius 3 is 2.68 bits per heavy atom. The van der Waals surface area contributed by atoms with Gasteiger partial charge in [-0.25, -0.2) is 0 Å². The van der Waals surface area contributed by atoms with Crippen LogP contribution in [0, 0.1) is 11.8 Å².